The number of carbonyl (C=O) groups is 1. The number of hydrogen-bond acceptors (Lipinski definition) is 5. The average molecular weight is 541 g/mol. The summed E-state index contributed by atoms with van der Waals surface area (Å²) in [5.41, 5.74) is 3.77. The van der Waals surface area contributed by atoms with Crippen molar-refractivity contribution in [3.05, 3.63) is 108 Å². The van der Waals surface area contributed by atoms with Gasteiger partial charge >= 0.3 is 5.00 Å². The van der Waals surface area contributed by atoms with E-state index in [0.29, 0.717) is 11.3 Å². The van der Waals surface area contributed by atoms with Crippen molar-refractivity contribution in [2.24, 2.45) is 0 Å². The molecule has 0 unspecified atom stereocenters. The van der Waals surface area contributed by atoms with Gasteiger partial charge in [-0.1, -0.05) is 87.6 Å². The molecule has 0 fully saturated rings. The van der Waals surface area contributed by atoms with Crippen LogP contribution in [-0.2, 0) is 0 Å². The molecule has 3 aromatic rings. The molecule has 0 saturated heterocycles. The van der Waals surface area contributed by atoms with Crippen LogP contribution in [0.1, 0.15) is 52.9 Å². The summed E-state index contributed by atoms with van der Waals surface area (Å²) in [5.74, 6) is -0.0262. The number of nitro groups is 1. The summed E-state index contributed by atoms with van der Waals surface area (Å²) in [6.07, 6.45) is 6.13. The smallest absolute Gasteiger partial charge is 0.293 e. The topological polar surface area (TPSA) is 60.2 Å². The molecule has 1 aliphatic heterocycles. The van der Waals surface area contributed by atoms with Gasteiger partial charge in [0.05, 0.1) is 9.80 Å². The molecule has 0 saturated carbocycles. The Morgan fingerprint density at radius 1 is 1.00 bits per heavy atom. The number of thiophene rings is 1. The number of nitrogens with zero attached hydrogens (tertiary/aromatic N) is 1. The second-order valence-electron chi connectivity index (χ2n) is 7.66. The number of rotatable bonds is 8. The fraction of sp³-hybridized carbons (Fsp3) is 0.192. The molecule has 1 aliphatic rings. The molecule has 33 heavy (non-hydrogen) atoms. The van der Waals surface area contributed by atoms with E-state index in [9.17, 15) is 14.9 Å². The number of hydrogen-bond donors (Lipinski definition) is 0. The number of ketones is 1. The van der Waals surface area contributed by atoms with Gasteiger partial charge in [-0.2, -0.15) is 0 Å². The van der Waals surface area contributed by atoms with Crippen molar-refractivity contribution in [2.45, 2.75) is 32.1 Å². The Hall–Kier alpha value is -2.48. The Morgan fingerprint density at radius 3 is 2.45 bits per heavy atom. The molecule has 0 radical (unpaired) electrons. The van der Waals surface area contributed by atoms with Gasteiger partial charge in [-0.05, 0) is 65.5 Å². The van der Waals surface area contributed by atoms with E-state index in [2.05, 4.69) is 70.5 Å². The molecular formula is C26H22BrNO3S2. The zero-order chi connectivity index (χ0) is 23.2. The lowest BCUT2D eigenvalue weighted by molar-refractivity contribution is -0.380. The Bertz CT molecular complexity index is 1210. The third-order valence-electron chi connectivity index (χ3n) is 5.38. The van der Waals surface area contributed by atoms with Crippen molar-refractivity contribution in [1.29, 1.82) is 0 Å². The minimum Gasteiger partial charge on any atom is -0.293 e. The van der Waals surface area contributed by atoms with Gasteiger partial charge in [-0.25, -0.2) is 0 Å². The summed E-state index contributed by atoms with van der Waals surface area (Å²) in [5, 5.41) is 10.9. The lowest BCUT2D eigenvalue weighted by Gasteiger charge is -2.15. The number of carbonyl (C=O) groups excluding carboxylic acids is 1. The largest absolute Gasteiger partial charge is 0.324 e. The van der Waals surface area contributed by atoms with Crippen LogP contribution in [0.3, 0.4) is 0 Å². The van der Waals surface area contributed by atoms with Crippen molar-refractivity contribution in [1.82, 2.24) is 0 Å². The van der Waals surface area contributed by atoms with Gasteiger partial charge in [-0.15, -0.1) is 0 Å². The third kappa shape index (κ3) is 6.10. The normalized spacial score (nSPS) is 14.0. The van der Waals surface area contributed by atoms with Gasteiger partial charge in [0.1, 0.15) is 0 Å². The summed E-state index contributed by atoms with van der Waals surface area (Å²) in [6.45, 7) is 0. The van der Waals surface area contributed by atoms with Crippen LogP contribution in [0.4, 0.5) is 5.00 Å². The summed E-state index contributed by atoms with van der Waals surface area (Å²) in [4.78, 5) is 25.9. The predicted molar refractivity (Wildman–Crippen MR) is 141 cm³/mol. The molecule has 2 heterocycles. The first-order valence-electron chi connectivity index (χ1n) is 10.7. The van der Waals surface area contributed by atoms with Crippen LogP contribution in [0.2, 0.25) is 0 Å². The fourth-order valence-corrected chi connectivity index (χ4v) is 6.11. The van der Waals surface area contributed by atoms with Gasteiger partial charge in [0.15, 0.2) is 5.78 Å². The van der Waals surface area contributed by atoms with Gasteiger partial charge in [0, 0.05) is 21.9 Å². The SMILES string of the molecule is O=C(CCCC1=CCCC(c2ccc(Br)cc2)=C(c2ccccc2)S1)c1ccc([N+](=O)[O-])s1. The van der Waals surface area contributed by atoms with E-state index < -0.39 is 4.92 Å². The number of allylic oxidation sites excluding steroid dienone is 3. The molecule has 0 bridgehead atoms. The summed E-state index contributed by atoms with van der Waals surface area (Å²) in [7, 11) is 0. The van der Waals surface area contributed by atoms with Gasteiger partial charge in [0.25, 0.3) is 0 Å². The molecule has 0 N–H and O–H groups in total. The Morgan fingerprint density at radius 2 is 1.76 bits per heavy atom. The molecule has 0 spiro atoms. The molecule has 2 aromatic carbocycles. The maximum atomic E-state index is 12.5. The first-order valence-corrected chi connectivity index (χ1v) is 13.1. The van der Waals surface area contributed by atoms with Crippen LogP contribution >= 0.6 is 39.0 Å². The summed E-state index contributed by atoms with van der Waals surface area (Å²) in [6, 6.07) is 21.9. The monoisotopic (exact) mass is 539 g/mol. The number of thioether (sulfide) groups is 1. The van der Waals surface area contributed by atoms with Crippen molar-refractivity contribution < 1.29 is 9.72 Å². The quantitative estimate of drug-likeness (QED) is 0.163. The van der Waals surface area contributed by atoms with E-state index in [1.165, 1.54) is 32.6 Å². The number of Topliss-reactive ketones (excluding diaryl/α,β-unsaturated/α-hetero) is 1. The summed E-state index contributed by atoms with van der Waals surface area (Å²) >= 11 is 6.28. The lowest BCUT2D eigenvalue weighted by Crippen LogP contribution is -1.96. The maximum absolute atomic E-state index is 12.5. The molecule has 7 heteroatoms. The van der Waals surface area contributed by atoms with Crippen LogP contribution in [0.5, 0.6) is 0 Å². The van der Waals surface area contributed by atoms with E-state index in [-0.39, 0.29) is 10.8 Å². The fourth-order valence-electron chi connectivity index (χ4n) is 3.75. The maximum Gasteiger partial charge on any atom is 0.324 e. The van der Waals surface area contributed by atoms with Crippen LogP contribution in [0.25, 0.3) is 10.5 Å². The third-order valence-corrected chi connectivity index (χ3v) is 8.30. The van der Waals surface area contributed by atoms with Crippen LogP contribution in [-0.4, -0.2) is 10.7 Å². The van der Waals surface area contributed by atoms with Gasteiger partial charge in [0.2, 0.25) is 0 Å². The van der Waals surface area contributed by atoms with Crippen LogP contribution < -0.4 is 0 Å². The molecule has 0 aliphatic carbocycles. The van der Waals surface area contributed by atoms with Crippen molar-refractivity contribution in [2.75, 3.05) is 0 Å². The second-order valence-corrected chi connectivity index (χ2v) is 10.8. The summed E-state index contributed by atoms with van der Waals surface area (Å²) < 4.78 is 1.06. The highest BCUT2D eigenvalue weighted by Crippen LogP contribution is 2.45. The van der Waals surface area contributed by atoms with Crippen molar-refractivity contribution in [3.63, 3.8) is 0 Å². The molecule has 4 nitrogen and oxygen atoms in total. The molecular weight excluding hydrogens is 518 g/mol. The molecule has 1 aromatic heterocycles. The zero-order valence-electron chi connectivity index (χ0n) is 17.8. The van der Waals surface area contributed by atoms with E-state index in [1.807, 2.05) is 6.07 Å². The first-order chi connectivity index (χ1) is 16.0. The molecule has 168 valence electrons. The van der Waals surface area contributed by atoms with Crippen LogP contribution in [0.15, 0.2) is 82.2 Å². The second kappa shape index (κ2) is 11.1. The average Bonchev–Trinajstić information content (AvgIpc) is 3.23. The standard InChI is InChI=1S/C26H22BrNO3S2/c27-20-14-12-18(13-15-20)22-10-4-8-21(32-26(22)19-6-2-1-3-7-19)9-5-11-23(29)24-16-17-25(33-24)28(30)31/h1-3,6-8,12-17H,4-5,9-11H2. The van der Waals surface area contributed by atoms with Crippen LogP contribution in [0, 0.1) is 10.1 Å². The Kier molecular flexibility index (Phi) is 7.96. The number of halogens is 1. The van der Waals surface area contributed by atoms with E-state index >= 15 is 0 Å². The molecule has 0 atom stereocenters. The first kappa shape index (κ1) is 23.7. The lowest BCUT2D eigenvalue weighted by atomic mass is 9.98. The van der Waals surface area contributed by atoms with E-state index in [1.54, 1.807) is 17.8 Å². The Labute approximate surface area is 209 Å². The highest BCUT2D eigenvalue weighted by atomic mass is 79.9. The molecule has 0 amide bonds. The predicted octanol–water partition coefficient (Wildman–Crippen LogP) is 8.75. The Balaban J connectivity index is 1.48. The zero-order valence-corrected chi connectivity index (χ0v) is 21.0. The van der Waals surface area contributed by atoms with Gasteiger partial charge in [-0.3, -0.25) is 14.9 Å². The van der Waals surface area contributed by atoms with Gasteiger partial charge < -0.3 is 0 Å². The highest BCUT2D eigenvalue weighted by molar-refractivity contribution is 9.10. The highest BCUT2D eigenvalue weighted by Gasteiger charge is 2.19. The van der Waals surface area contributed by atoms with E-state index in [0.717, 1.165) is 41.5 Å². The minimum absolute atomic E-state index is 0.0125. The van der Waals surface area contributed by atoms with E-state index in [4.69, 9.17) is 0 Å². The van der Waals surface area contributed by atoms with Crippen molar-refractivity contribution >= 4 is 60.3 Å². The number of benzene rings is 2. The minimum atomic E-state index is -0.450. The van der Waals surface area contributed by atoms with Crippen molar-refractivity contribution in [3.8, 4) is 0 Å². The molecule has 4 rings (SSSR count).